The number of hydrogen-bond donors (Lipinski definition) is 0. The van der Waals surface area contributed by atoms with Gasteiger partial charge in [0.15, 0.2) is 0 Å². The van der Waals surface area contributed by atoms with Crippen molar-refractivity contribution in [3.8, 4) is 5.75 Å². The van der Waals surface area contributed by atoms with Crippen LogP contribution < -0.4 is 4.74 Å². The van der Waals surface area contributed by atoms with Gasteiger partial charge in [-0.2, -0.15) is 4.31 Å². The first-order valence-corrected chi connectivity index (χ1v) is 10.7. The number of benzene rings is 2. The Bertz CT molecular complexity index is 917. The highest BCUT2D eigenvalue weighted by atomic mass is 32.2. The molecule has 1 heterocycles. The van der Waals surface area contributed by atoms with Crippen molar-refractivity contribution in [2.24, 2.45) is 0 Å². The maximum absolute atomic E-state index is 13.7. The standard InChI is InChI=1S/C20H24F2N2O4S/c1-23(15-16-2-3-17(21)14-20(16)22)8-13-28-18-4-6-19(7-5-18)29(25,26)24-9-11-27-12-10-24/h2-7,14H,8-13,15H2,1H3. The number of hydrogen-bond acceptors (Lipinski definition) is 5. The van der Waals surface area contributed by atoms with Gasteiger partial charge in [0.2, 0.25) is 10.0 Å². The number of likely N-dealkylation sites (N-methyl/N-ethyl adjacent to an activating group) is 1. The average molecular weight is 426 g/mol. The van der Waals surface area contributed by atoms with Crippen LogP contribution in [0.1, 0.15) is 5.56 Å². The predicted molar refractivity (Wildman–Crippen MR) is 104 cm³/mol. The summed E-state index contributed by atoms with van der Waals surface area (Å²) in [5.74, 6) is -0.626. The zero-order valence-corrected chi connectivity index (χ0v) is 17.0. The molecule has 3 rings (SSSR count). The van der Waals surface area contributed by atoms with Gasteiger partial charge in [-0.05, 0) is 37.4 Å². The van der Waals surface area contributed by atoms with Crippen molar-refractivity contribution in [3.63, 3.8) is 0 Å². The minimum atomic E-state index is -3.53. The van der Waals surface area contributed by atoms with E-state index in [4.69, 9.17) is 9.47 Å². The summed E-state index contributed by atoms with van der Waals surface area (Å²) in [5.41, 5.74) is 0.409. The van der Waals surface area contributed by atoms with Crippen LogP contribution in [0, 0.1) is 11.6 Å². The molecule has 0 saturated carbocycles. The second kappa shape index (κ2) is 9.62. The number of nitrogens with zero attached hydrogens (tertiary/aromatic N) is 2. The Morgan fingerprint density at radius 3 is 2.45 bits per heavy atom. The highest BCUT2D eigenvalue weighted by molar-refractivity contribution is 7.89. The Hall–Kier alpha value is -2.07. The zero-order chi connectivity index (χ0) is 20.9. The van der Waals surface area contributed by atoms with Gasteiger partial charge in [0, 0.05) is 37.8 Å². The second-order valence-corrected chi connectivity index (χ2v) is 8.75. The van der Waals surface area contributed by atoms with Crippen LogP contribution >= 0.6 is 0 Å². The molecule has 2 aromatic carbocycles. The molecular formula is C20H24F2N2O4S. The molecular weight excluding hydrogens is 402 g/mol. The molecule has 0 bridgehead atoms. The molecule has 0 unspecified atom stereocenters. The highest BCUT2D eigenvalue weighted by Gasteiger charge is 2.26. The Labute approximate surface area is 169 Å². The van der Waals surface area contributed by atoms with Gasteiger partial charge in [-0.1, -0.05) is 6.07 Å². The van der Waals surface area contributed by atoms with Crippen molar-refractivity contribution in [3.05, 3.63) is 59.7 Å². The first-order valence-electron chi connectivity index (χ1n) is 9.29. The van der Waals surface area contributed by atoms with E-state index in [9.17, 15) is 17.2 Å². The molecule has 0 amide bonds. The van der Waals surface area contributed by atoms with Crippen LogP contribution in [-0.4, -0.2) is 64.1 Å². The van der Waals surface area contributed by atoms with Gasteiger partial charge < -0.3 is 9.47 Å². The fourth-order valence-electron chi connectivity index (χ4n) is 2.98. The smallest absolute Gasteiger partial charge is 0.243 e. The lowest BCUT2D eigenvalue weighted by atomic mass is 10.2. The van der Waals surface area contributed by atoms with Crippen molar-refractivity contribution in [2.45, 2.75) is 11.4 Å². The number of ether oxygens (including phenoxy) is 2. The summed E-state index contributed by atoms with van der Waals surface area (Å²) < 4.78 is 64.1. The van der Waals surface area contributed by atoms with E-state index < -0.39 is 21.7 Å². The highest BCUT2D eigenvalue weighted by Crippen LogP contribution is 2.20. The van der Waals surface area contributed by atoms with Crippen LogP contribution in [0.2, 0.25) is 0 Å². The maximum atomic E-state index is 13.7. The third-order valence-corrected chi connectivity index (χ3v) is 6.54. The third kappa shape index (κ3) is 5.72. The molecule has 0 N–H and O–H groups in total. The van der Waals surface area contributed by atoms with E-state index in [1.807, 2.05) is 11.9 Å². The number of halogens is 2. The normalized spacial score (nSPS) is 15.6. The molecule has 0 spiro atoms. The van der Waals surface area contributed by atoms with Crippen LogP contribution in [-0.2, 0) is 21.3 Å². The van der Waals surface area contributed by atoms with Crippen LogP contribution in [0.3, 0.4) is 0 Å². The topological polar surface area (TPSA) is 59.1 Å². The third-order valence-electron chi connectivity index (χ3n) is 4.63. The van der Waals surface area contributed by atoms with Crippen LogP contribution in [0.5, 0.6) is 5.75 Å². The first-order chi connectivity index (χ1) is 13.9. The van der Waals surface area contributed by atoms with E-state index >= 15 is 0 Å². The minimum absolute atomic E-state index is 0.218. The Morgan fingerprint density at radius 1 is 1.10 bits per heavy atom. The Balaban J connectivity index is 1.50. The summed E-state index contributed by atoms with van der Waals surface area (Å²) in [6, 6.07) is 9.81. The molecule has 0 atom stereocenters. The van der Waals surface area contributed by atoms with E-state index in [0.717, 1.165) is 6.07 Å². The van der Waals surface area contributed by atoms with E-state index in [0.29, 0.717) is 57.3 Å². The minimum Gasteiger partial charge on any atom is -0.492 e. The lowest BCUT2D eigenvalue weighted by Gasteiger charge is -2.26. The Morgan fingerprint density at radius 2 is 1.79 bits per heavy atom. The van der Waals surface area contributed by atoms with Crippen LogP contribution in [0.15, 0.2) is 47.4 Å². The molecule has 1 aliphatic heterocycles. The van der Waals surface area contributed by atoms with Crippen molar-refractivity contribution in [2.75, 3.05) is 46.5 Å². The number of rotatable bonds is 8. The molecule has 1 fully saturated rings. The number of sulfonamides is 1. The first kappa shape index (κ1) is 21.6. The summed E-state index contributed by atoms with van der Waals surface area (Å²) in [7, 11) is -1.72. The van der Waals surface area contributed by atoms with E-state index in [1.165, 1.54) is 28.6 Å². The fourth-order valence-corrected chi connectivity index (χ4v) is 4.39. The summed E-state index contributed by atoms with van der Waals surface area (Å²) in [6.45, 7) is 2.68. The van der Waals surface area contributed by atoms with Gasteiger partial charge in [-0.15, -0.1) is 0 Å². The lowest BCUT2D eigenvalue weighted by molar-refractivity contribution is 0.0730. The summed E-state index contributed by atoms with van der Waals surface area (Å²) >= 11 is 0. The SMILES string of the molecule is CN(CCOc1ccc(S(=O)(=O)N2CCOCC2)cc1)Cc1ccc(F)cc1F. The summed E-state index contributed by atoms with van der Waals surface area (Å²) in [5, 5.41) is 0. The molecule has 1 aliphatic rings. The van der Waals surface area contributed by atoms with Crippen molar-refractivity contribution < 1.29 is 26.7 Å². The molecule has 29 heavy (non-hydrogen) atoms. The quantitative estimate of drug-likeness (QED) is 0.649. The van der Waals surface area contributed by atoms with Crippen LogP contribution in [0.4, 0.5) is 8.78 Å². The maximum Gasteiger partial charge on any atom is 0.243 e. The second-order valence-electron chi connectivity index (χ2n) is 6.81. The van der Waals surface area contributed by atoms with E-state index in [1.54, 1.807) is 12.1 Å². The van der Waals surface area contributed by atoms with Gasteiger partial charge in [-0.25, -0.2) is 17.2 Å². The predicted octanol–water partition coefficient (Wildman–Crippen LogP) is 2.50. The van der Waals surface area contributed by atoms with E-state index in [2.05, 4.69) is 0 Å². The largest absolute Gasteiger partial charge is 0.492 e. The summed E-state index contributed by atoms with van der Waals surface area (Å²) in [4.78, 5) is 2.07. The molecule has 9 heteroatoms. The van der Waals surface area contributed by atoms with Crippen LogP contribution in [0.25, 0.3) is 0 Å². The molecule has 0 aromatic heterocycles. The Kier molecular flexibility index (Phi) is 7.18. The van der Waals surface area contributed by atoms with Gasteiger partial charge in [0.05, 0.1) is 18.1 Å². The van der Waals surface area contributed by atoms with Crippen molar-refractivity contribution >= 4 is 10.0 Å². The molecule has 0 aliphatic carbocycles. The lowest BCUT2D eigenvalue weighted by Crippen LogP contribution is -2.40. The van der Waals surface area contributed by atoms with Gasteiger partial charge in [0.25, 0.3) is 0 Å². The zero-order valence-electron chi connectivity index (χ0n) is 16.2. The van der Waals surface area contributed by atoms with Crippen molar-refractivity contribution in [1.82, 2.24) is 9.21 Å². The molecule has 0 radical (unpaired) electrons. The van der Waals surface area contributed by atoms with Gasteiger partial charge in [0.1, 0.15) is 24.0 Å². The summed E-state index contributed by atoms with van der Waals surface area (Å²) in [6.07, 6.45) is 0. The average Bonchev–Trinajstić information content (AvgIpc) is 2.71. The fraction of sp³-hybridized carbons (Fsp3) is 0.400. The molecule has 158 valence electrons. The molecule has 2 aromatic rings. The van der Waals surface area contributed by atoms with Crippen molar-refractivity contribution in [1.29, 1.82) is 0 Å². The van der Waals surface area contributed by atoms with Gasteiger partial charge >= 0.3 is 0 Å². The van der Waals surface area contributed by atoms with Gasteiger partial charge in [-0.3, -0.25) is 4.90 Å². The molecule has 1 saturated heterocycles. The molecule has 6 nitrogen and oxygen atoms in total. The van der Waals surface area contributed by atoms with E-state index in [-0.39, 0.29) is 4.90 Å². The monoisotopic (exact) mass is 426 g/mol. The number of morpholine rings is 1.